The van der Waals surface area contributed by atoms with Crippen LogP contribution in [-0.4, -0.2) is 15.6 Å². The van der Waals surface area contributed by atoms with Crippen molar-refractivity contribution < 1.29 is 4.79 Å². The van der Waals surface area contributed by atoms with Crippen molar-refractivity contribution in [3.63, 3.8) is 0 Å². The highest BCUT2D eigenvalue weighted by Gasteiger charge is 2.14. The van der Waals surface area contributed by atoms with Gasteiger partial charge in [-0.3, -0.25) is 9.48 Å². The van der Waals surface area contributed by atoms with Gasteiger partial charge in [0.2, 0.25) is 0 Å². The van der Waals surface area contributed by atoms with Gasteiger partial charge in [0.05, 0.1) is 5.69 Å². The average molecular weight is 256 g/mol. The first kappa shape index (κ1) is 13.5. The summed E-state index contributed by atoms with van der Waals surface area (Å²) in [7, 11) is 0. The number of carbonyl (C=O) groups excluding carboxylic acids is 1. The Labute approximate surface area is 114 Å². The van der Waals surface area contributed by atoms with Crippen LogP contribution in [-0.2, 0) is 13.0 Å². The molecule has 3 heteroatoms. The van der Waals surface area contributed by atoms with Gasteiger partial charge in [-0.15, -0.1) is 0 Å². The highest BCUT2D eigenvalue weighted by molar-refractivity contribution is 5.97. The zero-order chi connectivity index (χ0) is 14.0. The van der Waals surface area contributed by atoms with Crippen molar-refractivity contribution in [2.24, 2.45) is 0 Å². The fraction of sp³-hybridized carbons (Fsp3) is 0.375. The zero-order valence-corrected chi connectivity index (χ0v) is 12.0. The van der Waals surface area contributed by atoms with Gasteiger partial charge in [-0.1, -0.05) is 31.2 Å². The van der Waals surface area contributed by atoms with E-state index >= 15 is 0 Å². The van der Waals surface area contributed by atoms with Crippen molar-refractivity contribution in [3.8, 4) is 0 Å². The molecule has 0 fully saturated rings. The number of hydrogen-bond donors (Lipinski definition) is 0. The van der Waals surface area contributed by atoms with Gasteiger partial charge in [-0.25, -0.2) is 0 Å². The highest BCUT2D eigenvalue weighted by Crippen LogP contribution is 2.15. The van der Waals surface area contributed by atoms with Crippen molar-refractivity contribution >= 4 is 5.78 Å². The maximum atomic E-state index is 12.3. The largest absolute Gasteiger partial charge is 0.292 e. The highest BCUT2D eigenvalue weighted by atomic mass is 16.1. The molecule has 1 heterocycles. The van der Waals surface area contributed by atoms with Crippen LogP contribution in [0.1, 0.15) is 39.8 Å². The summed E-state index contributed by atoms with van der Waals surface area (Å²) in [6.45, 7) is 8.43. The Morgan fingerprint density at radius 2 is 1.89 bits per heavy atom. The molecule has 0 radical (unpaired) electrons. The molecule has 0 aliphatic heterocycles. The maximum Gasteiger partial charge on any atom is 0.184 e. The molecular weight excluding hydrogens is 236 g/mol. The lowest BCUT2D eigenvalue weighted by Crippen LogP contribution is -2.14. The van der Waals surface area contributed by atoms with E-state index in [9.17, 15) is 4.79 Å². The molecule has 2 rings (SSSR count). The SMILES string of the molecule is CCc1c(C)nn(CC(=O)c2ccccc2C)c1C. The van der Waals surface area contributed by atoms with Crippen LogP contribution in [0.5, 0.6) is 0 Å². The Kier molecular flexibility index (Phi) is 3.84. The molecule has 1 aromatic heterocycles. The Balaban J connectivity index is 2.27. The van der Waals surface area contributed by atoms with Crippen LogP contribution in [0.15, 0.2) is 24.3 Å². The van der Waals surface area contributed by atoms with Gasteiger partial charge >= 0.3 is 0 Å². The summed E-state index contributed by atoms with van der Waals surface area (Å²) >= 11 is 0. The topological polar surface area (TPSA) is 34.9 Å². The monoisotopic (exact) mass is 256 g/mol. The van der Waals surface area contributed by atoms with Crippen molar-refractivity contribution in [1.29, 1.82) is 0 Å². The molecule has 0 atom stereocenters. The lowest BCUT2D eigenvalue weighted by molar-refractivity contribution is 0.0966. The minimum absolute atomic E-state index is 0.117. The quantitative estimate of drug-likeness (QED) is 0.787. The summed E-state index contributed by atoms with van der Waals surface area (Å²) < 4.78 is 1.82. The van der Waals surface area contributed by atoms with Crippen LogP contribution < -0.4 is 0 Å². The second kappa shape index (κ2) is 5.39. The second-order valence-electron chi connectivity index (χ2n) is 4.90. The third kappa shape index (κ3) is 2.60. The molecule has 0 aliphatic carbocycles. The normalized spacial score (nSPS) is 10.7. The van der Waals surface area contributed by atoms with Gasteiger partial charge in [-0.2, -0.15) is 5.10 Å². The van der Waals surface area contributed by atoms with E-state index in [0.29, 0.717) is 6.54 Å². The van der Waals surface area contributed by atoms with Gasteiger partial charge in [0.1, 0.15) is 6.54 Å². The first-order chi connectivity index (χ1) is 9.04. The molecule has 0 spiro atoms. The fourth-order valence-electron chi connectivity index (χ4n) is 2.51. The Hall–Kier alpha value is -1.90. The number of hydrogen-bond acceptors (Lipinski definition) is 2. The number of aromatic nitrogens is 2. The summed E-state index contributed by atoms with van der Waals surface area (Å²) in [5.74, 6) is 0.117. The summed E-state index contributed by atoms with van der Waals surface area (Å²) in [6, 6.07) is 7.69. The van der Waals surface area contributed by atoms with E-state index in [4.69, 9.17) is 0 Å². The molecule has 0 aliphatic rings. The molecule has 0 N–H and O–H groups in total. The predicted octanol–water partition coefficient (Wildman–Crippen LogP) is 3.25. The molecule has 0 saturated carbocycles. The van der Waals surface area contributed by atoms with Gasteiger partial charge in [0, 0.05) is 11.3 Å². The van der Waals surface area contributed by atoms with E-state index in [1.165, 1.54) is 5.56 Å². The summed E-state index contributed by atoms with van der Waals surface area (Å²) in [4.78, 5) is 12.3. The van der Waals surface area contributed by atoms with Crippen LogP contribution in [0, 0.1) is 20.8 Å². The summed E-state index contributed by atoms with van der Waals surface area (Å²) in [6.07, 6.45) is 0.955. The number of rotatable bonds is 4. The lowest BCUT2D eigenvalue weighted by Gasteiger charge is -2.07. The summed E-state index contributed by atoms with van der Waals surface area (Å²) in [5.41, 5.74) is 5.18. The fourth-order valence-corrected chi connectivity index (χ4v) is 2.51. The Morgan fingerprint density at radius 3 is 2.47 bits per heavy atom. The second-order valence-corrected chi connectivity index (χ2v) is 4.90. The molecule has 3 nitrogen and oxygen atoms in total. The number of aryl methyl sites for hydroxylation is 2. The minimum atomic E-state index is 0.117. The molecule has 1 aromatic carbocycles. The first-order valence-electron chi connectivity index (χ1n) is 6.66. The van der Waals surface area contributed by atoms with E-state index < -0.39 is 0 Å². The van der Waals surface area contributed by atoms with E-state index in [2.05, 4.69) is 12.0 Å². The lowest BCUT2D eigenvalue weighted by atomic mass is 10.0. The van der Waals surface area contributed by atoms with E-state index in [0.717, 1.165) is 28.9 Å². The zero-order valence-electron chi connectivity index (χ0n) is 12.0. The standard InChI is InChI=1S/C16H20N2O/c1-5-14-12(3)17-18(13(14)4)10-16(19)15-9-7-6-8-11(15)2/h6-9H,5,10H2,1-4H3. The third-order valence-corrected chi connectivity index (χ3v) is 3.62. The molecule has 100 valence electrons. The first-order valence-corrected chi connectivity index (χ1v) is 6.66. The minimum Gasteiger partial charge on any atom is -0.292 e. The van der Waals surface area contributed by atoms with E-state index in [-0.39, 0.29) is 5.78 Å². The molecule has 19 heavy (non-hydrogen) atoms. The van der Waals surface area contributed by atoms with Crippen LogP contribution in [0.25, 0.3) is 0 Å². The van der Waals surface area contributed by atoms with Gasteiger partial charge < -0.3 is 0 Å². The molecule has 0 saturated heterocycles. The van der Waals surface area contributed by atoms with Gasteiger partial charge in [0.15, 0.2) is 5.78 Å². The predicted molar refractivity (Wildman–Crippen MR) is 76.6 cm³/mol. The number of carbonyl (C=O) groups is 1. The van der Waals surface area contributed by atoms with Crippen molar-refractivity contribution in [1.82, 2.24) is 9.78 Å². The van der Waals surface area contributed by atoms with Crippen molar-refractivity contribution in [2.45, 2.75) is 40.7 Å². The smallest absolute Gasteiger partial charge is 0.184 e. The summed E-state index contributed by atoms with van der Waals surface area (Å²) in [5, 5.41) is 4.47. The molecule has 0 bridgehead atoms. The van der Waals surface area contributed by atoms with Crippen molar-refractivity contribution in [2.75, 3.05) is 0 Å². The van der Waals surface area contributed by atoms with E-state index in [1.807, 2.05) is 49.7 Å². The third-order valence-electron chi connectivity index (χ3n) is 3.62. The average Bonchev–Trinajstić information content (AvgIpc) is 2.64. The van der Waals surface area contributed by atoms with Crippen LogP contribution in [0.3, 0.4) is 0 Å². The number of Topliss-reactive ketones (excluding diaryl/α,β-unsaturated/α-hetero) is 1. The molecule has 0 amide bonds. The maximum absolute atomic E-state index is 12.3. The van der Waals surface area contributed by atoms with Crippen LogP contribution >= 0.6 is 0 Å². The number of nitrogens with zero attached hydrogens (tertiary/aromatic N) is 2. The molecule has 2 aromatic rings. The molecule has 0 unspecified atom stereocenters. The Bertz CT molecular complexity index is 611. The van der Waals surface area contributed by atoms with Gasteiger partial charge in [0.25, 0.3) is 0 Å². The Morgan fingerprint density at radius 1 is 1.21 bits per heavy atom. The number of ketones is 1. The van der Waals surface area contributed by atoms with Gasteiger partial charge in [-0.05, 0) is 38.3 Å². The van der Waals surface area contributed by atoms with Crippen LogP contribution in [0.4, 0.5) is 0 Å². The van der Waals surface area contributed by atoms with E-state index in [1.54, 1.807) is 0 Å². The van der Waals surface area contributed by atoms with Crippen molar-refractivity contribution in [3.05, 3.63) is 52.3 Å². The number of benzene rings is 1. The van der Waals surface area contributed by atoms with Crippen LogP contribution in [0.2, 0.25) is 0 Å². The molecular formula is C16H20N2O.